The number of carbonyl (C=O) groups is 1. The van der Waals surface area contributed by atoms with Gasteiger partial charge in [-0.05, 0) is 61.2 Å². The number of amides is 1. The Bertz CT molecular complexity index is 970. The van der Waals surface area contributed by atoms with Gasteiger partial charge in [-0.3, -0.25) is 4.79 Å². The first-order valence-electron chi connectivity index (χ1n) is 9.70. The van der Waals surface area contributed by atoms with E-state index in [4.69, 9.17) is 4.52 Å². The van der Waals surface area contributed by atoms with Crippen LogP contribution in [0.5, 0.6) is 0 Å². The minimum absolute atomic E-state index is 0.0137. The van der Waals surface area contributed by atoms with E-state index in [-0.39, 0.29) is 23.5 Å². The summed E-state index contributed by atoms with van der Waals surface area (Å²) in [7, 11) is 0. The summed E-state index contributed by atoms with van der Waals surface area (Å²) in [5.41, 5.74) is 1.62. The zero-order valence-electron chi connectivity index (χ0n) is 15.9. The van der Waals surface area contributed by atoms with Gasteiger partial charge in [-0.2, -0.15) is 4.98 Å². The first kappa shape index (κ1) is 19.2. The van der Waals surface area contributed by atoms with Crippen LogP contribution in [0.25, 0.3) is 11.4 Å². The summed E-state index contributed by atoms with van der Waals surface area (Å²) in [4.78, 5) is 18.9. The van der Waals surface area contributed by atoms with Crippen LogP contribution < -0.4 is 0 Å². The number of benzene rings is 2. The number of likely N-dealkylation sites (tertiary alicyclic amines) is 1. The van der Waals surface area contributed by atoms with Crippen molar-refractivity contribution in [3.63, 3.8) is 0 Å². The van der Waals surface area contributed by atoms with Crippen molar-refractivity contribution in [3.8, 4) is 11.4 Å². The van der Waals surface area contributed by atoms with E-state index in [2.05, 4.69) is 10.1 Å². The van der Waals surface area contributed by atoms with E-state index in [1.165, 1.54) is 24.3 Å². The number of hydrogen-bond donors (Lipinski definition) is 0. The van der Waals surface area contributed by atoms with Gasteiger partial charge in [0.25, 0.3) is 0 Å². The zero-order chi connectivity index (χ0) is 20.2. The molecule has 0 aliphatic carbocycles. The fourth-order valence-electron chi connectivity index (χ4n) is 3.58. The van der Waals surface area contributed by atoms with Gasteiger partial charge in [0.05, 0.1) is 5.92 Å². The standard InChI is InChI=1S/C22H21F2N3O2/c23-18-8-3-15(4-9-18)5-12-20(28)27-13-1-2-17(14-27)22-25-21(26-29-22)16-6-10-19(24)11-7-16/h3-4,6-11,17H,1-2,5,12-14H2. The molecule has 150 valence electrons. The molecule has 1 atom stereocenters. The molecule has 1 unspecified atom stereocenters. The minimum atomic E-state index is -0.320. The predicted octanol–water partition coefficient (Wildman–Crippen LogP) is 4.35. The lowest BCUT2D eigenvalue weighted by atomic mass is 9.97. The van der Waals surface area contributed by atoms with Crippen LogP contribution in [0.15, 0.2) is 53.1 Å². The third kappa shape index (κ3) is 4.67. The predicted molar refractivity (Wildman–Crippen MR) is 103 cm³/mol. The number of piperidine rings is 1. The number of carbonyl (C=O) groups excluding carboxylic acids is 1. The molecule has 1 amide bonds. The van der Waals surface area contributed by atoms with Crippen molar-refractivity contribution >= 4 is 5.91 Å². The van der Waals surface area contributed by atoms with E-state index in [0.717, 1.165) is 18.4 Å². The lowest BCUT2D eigenvalue weighted by Gasteiger charge is -2.31. The topological polar surface area (TPSA) is 59.2 Å². The highest BCUT2D eigenvalue weighted by molar-refractivity contribution is 5.76. The van der Waals surface area contributed by atoms with Crippen molar-refractivity contribution in [3.05, 3.63) is 71.6 Å². The van der Waals surface area contributed by atoms with E-state index in [9.17, 15) is 13.6 Å². The number of nitrogens with zero attached hydrogens (tertiary/aromatic N) is 3. The van der Waals surface area contributed by atoms with Crippen LogP contribution in [0, 0.1) is 11.6 Å². The summed E-state index contributed by atoms with van der Waals surface area (Å²) in [6.45, 7) is 1.24. The SMILES string of the molecule is O=C(CCc1ccc(F)cc1)N1CCCC(c2nc(-c3ccc(F)cc3)no2)C1. The largest absolute Gasteiger partial charge is 0.342 e. The fourth-order valence-corrected chi connectivity index (χ4v) is 3.58. The van der Waals surface area contributed by atoms with Gasteiger partial charge in [-0.15, -0.1) is 0 Å². The van der Waals surface area contributed by atoms with Crippen molar-refractivity contribution in [2.45, 2.75) is 31.6 Å². The van der Waals surface area contributed by atoms with Crippen molar-refractivity contribution in [2.24, 2.45) is 0 Å². The van der Waals surface area contributed by atoms with Crippen molar-refractivity contribution < 1.29 is 18.1 Å². The van der Waals surface area contributed by atoms with E-state index < -0.39 is 0 Å². The van der Waals surface area contributed by atoms with Gasteiger partial charge in [0.1, 0.15) is 11.6 Å². The second-order valence-electron chi connectivity index (χ2n) is 7.27. The van der Waals surface area contributed by atoms with E-state index in [0.29, 0.717) is 43.2 Å². The fraction of sp³-hybridized carbons (Fsp3) is 0.318. The summed E-state index contributed by atoms with van der Waals surface area (Å²) in [6.07, 6.45) is 2.69. The van der Waals surface area contributed by atoms with Crippen LogP contribution in [0.2, 0.25) is 0 Å². The molecule has 7 heteroatoms. The van der Waals surface area contributed by atoms with Gasteiger partial charge in [-0.1, -0.05) is 17.3 Å². The Kier molecular flexibility index (Phi) is 5.64. The first-order chi connectivity index (χ1) is 14.1. The van der Waals surface area contributed by atoms with Crippen molar-refractivity contribution in [1.29, 1.82) is 0 Å². The van der Waals surface area contributed by atoms with E-state index in [1.807, 2.05) is 4.90 Å². The van der Waals surface area contributed by atoms with Crippen LogP contribution in [-0.4, -0.2) is 34.0 Å². The molecule has 3 aromatic rings. The molecule has 1 aliphatic rings. The maximum absolute atomic E-state index is 13.1. The maximum atomic E-state index is 13.1. The Hall–Kier alpha value is -3.09. The van der Waals surface area contributed by atoms with Gasteiger partial charge in [0.15, 0.2) is 0 Å². The van der Waals surface area contributed by atoms with Crippen LogP contribution in [-0.2, 0) is 11.2 Å². The number of aromatic nitrogens is 2. The van der Waals surface area contributed by atoms with Crippen molar-refractivity contribution in [1.82, 2.24) is 15.0 Å². The van der Waals surface area contributed by atoms with Crippen LogP contribution in [0.4, 0.5) is 8.78 Å². The molecule has 2 heterocycles. The molecule has 1 fully saturated rings. The van der Waals surface area contributed by atoms with E-state index >= 15 is 0 Å². The first-order valence-corrected chi connectivity index (χ1v) is 9.70. The van der Waals surface area contributed by atoms with Crippen LogP contribution in [0.1, 0.15) is 36.6 Å². The average molecular weight is 397 g/mol. The van der Waals surface area contributed by atoms with Crippen molar-refractivity contribution in [2.75, 3.05) is 13.1 Å². The summed E-state index contributed by atoms with van der Waals surface area (Å²) in [6, 6.07) is 12.2. The third-order valence-corrected chi connectivity index (χ3v) is 5.21. The Morgan fingerprint density at radius 3 is 2.48 bits per heavy atom. The highest BCUT2D eigenvalue weighted by Gasteiger charge is 2.28. The second-order valence-corrected chi connectivity index (χ2v) is 7.27. The molecule has 0 saturated carbocycles. The number of aryl methyl sites for hydroxylation is 1. The summed E-state index contributed by atoms with van der Waals surface area (Å²) in [5.74, 6) is 0.371. The quantitative estimate of drug-likeness (QED) is 0.642. The van der Waals surface area contributed by atoms with Gasteiger partial charge in [0, 0.05) is 25.1 Å². The molecular weight excluding hydrogens is 376 g/mol. The highest BCUT2D eigenvalue weighted by Crippen LogP contribution is 2.28. The van der Waals surface area contributed by atoms with Gasteiger partial charge in [-0.25, -0.2) is 8.78 Å². The number of halogens is 2. The third-order valence-electron chi connectivity index (χ3n) is 5.21. The van der Waals surface area contributed by atoms with E-state index in [1.54, 1.807) is 24.3 Å². The number of rotatable bonds is 5. The molecule has 1 saturated heterocycles. The second kappa shape index (κ2) is 8.51. The Labute approximate surface area is 167 Å². The molecule has 2 aromatic carbocycles. The monoisotopic (exact) mass is 397 g/mol. The van der Waals surface area contributed by atoms with Gasteiger partial charge >= 0.3 is 0 Å². The Balaban J connectivity index is 1.37. The normalized spacial score (nSPS) is 16.8. The maximum Gasteiger partial charge on any atom is 0.231 e. The molecule has 0 N–H and O–H groups in total. The molecule has 5 nitrogen and oxygen atoms in total. The number of hydrogen-bond acceptors (Lipinski definition) is 4. The molecule has 0 spiro atoms. The summed E-state index contributed by atoms with van der Waals surface area (Å²) >= 11 is 0. The lowest BCUT2D eigenvalue weighted by molar-refractivity contribution is -0.132. The molecule has 0 radical (unpaired) electrons. The smallest absolute Gasteiger partial charge is 0.231 e. The Morgan fingerprint density at radius 1 is 1.07 bits per heavy atom. The molecule has 0 bridgehead atoms. The summed E-state index contributed by atoms with van der Waals surface area (Å²) < 4.78 is 31.5. The molecule has 1 aliphatic heterocycles. The van der Waals surface area contributed by atoms with Crippen LogP contribution >= 0.6 is 0 Å². The average Bonchev–Trinajstić information content (AvgIpc) is 3.24. The van der Waals surface area contributed by atoms with Gasteiger partial charge in [0.2, 0.25) is 17.6 Å². The molecule has 4 rings (SSSR count). The molecule has 29 heavy (non-hydrogen) atoms. The summed E-state index contributed by atoms with van der Waals surface area (Å²) in [5, 5.41) is 4.00. The highest BCUT2D eigenvalue weighted by atomic mass is 19.1. The lowest BCUT2D eigenvalue weighted by Crippen LogP contribution is -2.39. The zero-order valence-corrected chi connectivity index (χ0v) is 15.9. The molecular formula is C22H21F2N3O2. The van der Waals surface area contributed by atoms with Crippen LogP contribution in [0.3, 0.4) is 0 Å². The molecule has 1 aromatic heterocycles. The van der Waals surface area contributed by atoms with Gasteiger partial charge < -0.3 is 9.42 Å². The minimum Gasteiger partial charge on any atom is -0.342 e. The Morgan fingerprint density at radius 2 is 1.76 bits per heavy atom.